The molecular weight excluding hydrogens is 305 g/mol. The molecule has 0 bridgehead atoms. The zero-order valence-electron chi connectivity index (χ0n) is 12.2. The van der Waals surface area contributed by atoms with Crippen LogP contribution in [0.2, 0.25) is 10.0 Å². The van der Waals surface area contributed by atoms with Crippen LogP contribution in [0.15, 0.2) is 30.3 Å². The third kappa shape index (κ3) is 4.26. The zero-order valence-corrected chi connectivity index (χ0v) is 13.7. The lowest BCUT2D eigenvalue weighted by Gasteiger charge is -2.12. The number of hydrogen-bond acceptors (Lipinski definition) is 3. The molecule has 0 radical (unpaired) electrons. The Bertz CT molecular complexity index is 614. The van der Waals surface area contributed by atoms with Crippen LogP contribution in [-0.2, 0) is 6.42 Å². The molecule has 0 saturated carbocycles. The van der Waals surface area contributed by atoms with E-state index >= 15 is 0 Å². The lowest BCUT2D eigenvalue weighted by atomic mass is 10.1. The van der Waals surface area contributed by atoms with Gasteiger partial charge in [0.25, 0.3) is 0 Å². The van der Waals surface area contributed by atoms with E-state index in [1.807, 2.05) is 12.1 Å². The van der Waals surface area contributed by atoms with Gasteiger partial charge in [0, 0.05) is 12.2 Å². The van der Waals surface area contributed by atoms with Gasteiger partial charge in [0.05, 0.1) is 10.0 Å². The van der Waals surface area contributed by atoms with Gasteiger partial charge in [0.1, 0.15) is 5.82 Å². The highest BCUT2D eigenvalue weighted by molar-refractivity contribution is 6.37. The fraction of sp³-hybridized carbons (Fsp3) is 0.312. The van der Waals surface area contributed by atoms with Gasteiger partial charge < -0.3 is 10.6 Å². The Morgan fingerprint density at radius 2 is 1.81 bits per heavy atom. The van der Waals surface area contributed by atoms with Crippen molar-refractivity contribution < 1.29 is 0 Å². The SMILES string of the molecule is CCCNc1nc(Nc2cccc(CC)c2)c(Cl)cc1Cl. The van der Waals surface area contributed by atoms with Crippen LogP contribution in [0, 0.1) is 0 Å². The number of hydrogen-bond donors (Lipinski definition) is 2. The summed E-state index contributed by atoms with van der Waals surface area (Å²) in [5, 5.41) is 7.48. The van der Waals surface area contributed by atoms with Crippen LogP contribution >= 0.6 is 23.2 Å². The van der Waals surface area contributed by atoms with Crippen LogP contribution in [-0.4, -0.2) is 11.5 Å². The smallest absolute Gasteiger partial charge is 0.151 e. The number of anilines is 3. The van der Waals surface area contributed by atoms with E-state index in [1.165, 1.54) is 5.56 Å². The summed E-state index contributed by atoms with van der Waals surface area (Å²) in [6.07, 6.45) is 1.99. The lowest BCUT2D eigenvalue weighted by Crippen LogP contribution is -2.05. The Balaban J connectivity index is 2.25. The number of nitrogens with one attached hydrogen (secondary N) is 2. The summed E-state index contributed by atoms with van der Waals surface area (Å²) in [4.78, 5) is 4.47. The maximum atomic E-state index is 6.22. The monoisotopic (exact) mass is 323 g/mol. The molecule has 0 spiro atoms. The van der Waals surface area contributed by atoms with Gasteiger partial charge >= 0.3 is 0 Å². The molecule has 2 rings (SSSR count). The molecule has 2 aromatic rings. The van der Waals surface area contributed by atoms with Gasteiger partial charge in [-0.25, -0.2) is 4.98 Å². The highest BCUT2D eigenvalue weighted by Crippen LogP contribution is 2.31. The predicted octanol–water partition coefficient (Wildman–Crippen LogP) is 5.52. The topological polar surface area (TPSA) is 37.0 Å². The maximum absolute atomic E-state index is 6.22. The summed E-state index contributed by atoms with van der Waals surface area (Å²) in [6.45, 7) is 5.03. The molecule has 2 N–H and O–H groups in total. The highest BCUT2D eigenvalue weighted by atomic mass is 35.5. The second-order valence-corrected chi connectivity index (χ2v) is 5.57. The summed E-state index contributed by atoms with van der Waals surface area (Å²) in [5.74, 6) is 1.25. The van der Waals surface area contributed by atoms with E-state index in [4.69, 9.17) is 23.2 Å². The lowest BCUT2D eigenvalue weighted by molar-refractivity contribution is 0.970. The minimum absolute atomic E-state index is 0.504. The normalized spacial score (nSPS) is 10.5. The molecular formula is C16H19Cl2N3. The summed E-state index contributed by atoms with van der Waals surface area (Å²) in [6, 6.07) is 9.90. The van der Waals surface area contributed by atoms with Gasteiger partial charge in [-0.1, -0.05) is 49.2 Å². The molecule has 0 fully saturated rings. The first kappa shape index (κ1) is 15.9. The zero-order chi connectivity index (χ0) is 15.2. The van der Waals surface area contributed by atoms with E-state index in [2.05, 4.69) is 41.6 Å². The molecule has 21 heavy (non-hydrogen) atoms. The van der Waals surface area contributed by atoms with Crippen molar-refractivity contribution in [1.82, 2.24) is 4.98 Å². The van der Waals surface area contributed by atoms with E-state index < -0.39 is 0 Å². The Hall–Kier alpha value is -1.45. The Morgan fingerprint density at radius 3 is 2.52 bits per heavy atom. The quantitative estimate of drug-likeness (QED) is 0.735. The number of pyridine rings is 1. The van der Waals surface area contributed by atoms with Crippen molar-refractivity contribution in [2.24, 2.45) is 0 Å². The number of benzene rings is 1. The average Bonchev–Trinajstić information content (AvgIpc) is 2.49. The van der Waals surface area contributed by atoms with Crippen LogP contribution in [0.5, 0.6) is 0 Å². The van der Waals surface area contributed by atoms with Gasteiger partial charge in [-0.2, -0.15) is 0 Å². The Kier molecular flexibility index (Phi) is 5.71. The maximum Gasteiger partial charge on any atom is 0.151 e. The van der Waals surface area contributed by atoms with Gasteiger partial charge in [-0.05, 0) is 36.6 Å². The number of aromatic nitrogens is 1. The average molecular weight is 324 g/mol. The highest BCUT2D eigenvalue weighted by Gasteiger charge is 2.09. The van der Waals surface area contributed by atoms with E-state index in [0.717, 1.165) is 25.1 Å². The molecule has 1 heterocycles. The van der Waals surface area contributed by atoms with Crippen molar-refractivity contribution in [1.29, 1.82) is 0 Å². The van der Waals surface area contributed by atoms with Crippen molar-refractivity contribution in [2.75, 3.05) is 17.2 Å². The molecule has 0 unspecified atom stereocenters. The van der Waals surface area contributed by atoms with E-state index in [9.17, 15) is 0 Å². The van der Waals surface area contributed by atoms with E-state index in [0.29, 0.717) is 21.7 Å². The molecule has 3 nitrogen and oxygen atoms in total. The standard InChI is InChI=1S/C16H19Cl2N3/c1-3-8-19-15-13(17)10-14(18)16(21-15)20-12-7-5-6-11(4-2)9-12/h5-7,9-10H,3-4,8H2,1-2H3,(H2,19,20,21). The van der Waals surface area contributed by atoms with Crippen molar-refractivity contribution >= 4 is 40.5 Å². The molecule has 1 aromatic carbocycles. The summed E-state index contributed by atoms with van der Waals surface area (Å²) in [7, 11) is 0. The summed E-state index contributed by atoms with van der Waals surface area (Å²) < 4.78 is 0. The van der Waals surface area contributed by atoms with Crippen LogP contribution in [0.1, 0.15) is 25.8 Å². The molecule has 0 atom stereocenters. The molecule has 0 amide bonds. The van der Waals surface area contributed by atoms with Crippen LogP contribution in [0.3, 0.4) is 0 Å². The number of aryl methyl sites for hydroxylation is 1. The Morgan fingerprint density at radius 1 is 1.05 bits per heavy atom. The number of halogens is 2. The van der Waals surface area contributed by atoms with Crippen molar-refractivity contribution in [3.05, 3.63) is 45.9 Å². The summed E-state index contributed by atoms with van der Waals surface area (Å²) >= 11 is 12.4. The van der Waals surface area contributed by atoms with Crippen molar-refractivity contribution in [3.63, 3.8) is 0 Å². The van der Waals surface area contributed by atoms with Gasteiger partial charge in [0.2, 0.25) is 0 Å². The minimum atomic E-state index is 0.504. The largest absolute Gasteiger partial charge is 0.369 e. The van der Waals surface area contributed by atoms with Gasteiger partial charge in [0.15, 0.2) is 5.82 Å². The molecule has 1 aromatic heterocycles. The first-order valence-electron chi connectivity index (χ1n) is 7.10. The molecule has 0 aliphatic carbocycles. The second kappa shape index (κ2) is 7.53. The van der Waals surface area contributed by atoms with Gasteiger partial charge in [-0.3, -0.25) is 0 Å². The predicted molar refractivity (Wildman–Crippen MR) is 92.1 cm³/mol. The fourth-order valence-corrected chi connectivity index (χ4v) is 2.40. The first-order chi connectivity index (χ1) is 10.1. The third-order valence-electron chi connectivity index (χ3n) is 3.07. The van der Waals surface area contributed by atoms with Crippen LogP contribution in [0.4, 0.5) is 17.3 Å². The number of rotatable bonds is 6. The van der Waals surface area contributed by atoms with Crippen LogP contribution < -0.4 is 10.6 Å². The molecule has 112 valence electrons. The second-order valence-electron chi connectivity index (χ2n) is 4.75. The molecule has 5 heteroatoms. The van der Waals surface area contributed by atoms with E-state index in [-0.39, 0.29) is 0 Å². The minimum Gasteiger partial charge on any atom is -0.369 e. The van der Waals surface area contributed by atoms with E-state index in [1.54, 1.807) is 6.07 Å². The van der Waals surface area contributed by atoms with Gasteiger partial charge in [-0.15, -0.1) is 0 Å². The van der Waals surface area contributed by atoms with Crippen LogP contribution in [0.25, 0.3) is 0 Å². The first-order valence-corrected chi connectivity index (χ1v) is 7.85. The Labute approximate surface area is 135 Å². The molecule has 0 aliphatic heterocycles. The van der Waals surface area contributed by atoms with Crippen molar-refractivity contribution in [3.8, 4) is 0 Å². The fourth-order valence-electron chi connectivity index (χ4n) is 1.93. The number of nitrogens with zero attached hydrogens (tertiary/aromatic N) is 1. The van der Waals surface area contributed by atoms with Crippen molar-refractivity contribution in [2.45, 2.75) is 26.7 Å². The molecule has 0 aliphatic rings. The summed E-state index contributed by atoms with van der Waals surface area (Å²) in [5.41, 5.74) is 2.22. The third-order valence-corrected chi connectivity index (χ3v) is 3.65. The molecule has 0 saturated heterocycles.